The Labute approximate surface area is 389 Å². The van der Waals surface area contributed by atoms with Crippen molar-refractivity contribution in [3.05, 3.63) is 58.4 Å². The van der Waals surface area contributed by atoms with Crippen LogP contribution in [0.3, 0.4) is 0 Å². The molecule has 0 spiro atoms. The second-order valence-electron chi connectivity index (χ2n) is 20.2. The predicted molar refractivity (Wildman–Crippen MR) is 245 cm³/mol. The number of aromatic nitrogens is 8. The summed E-state index contributed by atoms with van der Waals surface area (Å²) in [5, 5.41) is 15.3. The molecule has 0 unspecified atom stereocenters. The van der Waals surface area contributed by atoms with Crippen molar-refractivity contribution in [3.8, 4) is 23.0 Å². The van der Waals surface area contributed by atoms with Gasteiger partial charge in [0.25, 0.3) is 0 Å². The van der Waals surface area contributed by atoms with E-state index in [1.54, 1.807) is 40.1 Å². The number of anilines is 2. The molecule has 68 heavy (non-hydrogen) atoms. The number of amides is 4. The van der Waals surface area contributed by atoms with Crippen LogP contribution in [0.15, 0.2) is 24.3 Å². The molecule has 4 aliphatic carbocycles. The SMILES string of the molecule is C[C@@H](C(=O)N(C)c1cc(F)c2nc(-c3n[nH]c4c3C[C@@H]3C[C@]3(C)C4)[nH]c2c1)N1CCOCC1=O.C[C@H](C(=O)N(C)c1cc(F)c2nc(-c3n[nH]c4c3C[C@@H]3C[C@]3(C)C4)[nH]c2c1)N1CCOCC1=O. The average molecular weight is 933 g/mol. The van der Waals surface area contributed by atoms with Gasteiger partial charge in [0.1, 0.15) is 47.7 Å². The Bertz CT molecular complexity index is 2870. The highest BCUT2D eigenvalue weighted by Crippen LogP contribution is 2.60. The number of likely N-dealkylation sites (N-methyl/N-ethyl adjacent to an activating group) is 2. The Hall–Kier alpha value is -6.54. The molecule has 20 heteroatoms. The lowest BCUT2D eigenvalue weighted by molar-refractivity contribution is -0.149. The molecule has 2 saturated heterocycles. The zero-order valence-corrected chi connectivity index (χ0v) is 38.9. The summed E-state index contributed by atoms with van der Waals surface area (Å²) in [5.74, 6) is 0.276. The molecule has 2 aromatic carbocycles. The number of rotatable bonds is 8. The summed E-state index contributed by atoms with van der Waals surface area (Å²) >= 11 is 0. The molecule has 0 bridgehead atoms. The van der Waals surface area contributed by atoms with Gasteiger partial charge in [0.15, 0.2) is 23.3 Å². The van der Waals surface area contributed by atoms with Crippen molar-refractivity contribution in [3.63, 3.8) is 0 Å². The molecule has 4 N–H and O–H groups in total. The molecule has 4 fully saturated rings. The highest BCUT2D eigenvalue weighted by molar-refractivity contribution is 6.01. The number of hydrogen-bond acceptors (Lipinski definition) is 10. The number of hydrogen-bond donors (Lipinski definition) is 4. The van der Waals surface area contributed by atoms with Gasteiger partial charge in [0.05, 0.1) is 24.2 Å². The van der Waals surface area contributed by atoms with Crippen molar-refractivity contribution >= 4 is 57.1 Å². The van der Waals surface area contributed by atoms with Crippen molar-refractivity contribution in [2.24, 2.45) is 22.7 Å². The quantitative estimate of drug-likeness (QED) is 0.163. The number of morpholine rings is 2. The third kappa shape index (κ3) is 7.42. The monoisotopic (exact) mass is 932 g/mol. The molecule has 2 aliphatic heterocycles. The standard InChI is InChI=1S/2C24H27FN6O3/c2*1-12(31-4-5-34-11-19(31)32)23(33)30(3)14-7-16(25)21-17(8-14)26-22(27-21)20-15-6-13-9-24(13,2)10-18(15)28-29-20/h2*7-8,12-13H,4-6,9-11H2,1-3H3,(H,26,27)(H,28,29)/t12-,13+,24+;12-,13-,24-/m01/s1. The number of imidazole rings is 2. The largest absolute Gasteiger partial charge is 0.370 e. The minimum absolute atomic E-state index is 0.0320. The molecule has 4 amide bonds. The van der Waals surface area contributed by atoms with Crippen molar-refractivity contribution in [1.82, 2.24) is 50.1 Å². The molecule has 6 aliphatic rings. The Morgan fingerprint density at radius 1 is 0.706 bits per heavy atom. The summed E-state index contributed by atoms with van der Waals surface area (Å²) in [4.78, 5) is 71.6. The van der Waals surface area contributed by atoms with Crippen molar-refractivity contribution in [2.45, 2.75) is 78.3 Å². The van der Waals surface area contributed by atoms with E-state index in [1.807, 2.05) is 0 Å². The van der Waals surface area contributed by atoms with Gasteiger partial charge in [-0.2, -0.15) is 10.2 Å². The van der Waals surface area contributed by atoms with Crippen LogP contribution in [0.2, 0.25) is 0 Å². The Balaban J connectivity index is 0.000000149. The van der Waals surface area contributed by atoms with Gasteiger partial charge in [-0.25, -0.2) is 18.7 Å². The molecule has 18 nitrogen and oxygen atoms in total. The number of carbonyl (C=O) groups excluding carboxylic acids is 4. The molecule has 6 aromatic rings. The number of ether oxygens (including phenoxy) is 2. The molecule has 0 radical (unpaired) electrons. The van der Waals surface area contributed by atoms with Gasteiger partial charge in [-0.1, -0.05) is 13.8 Å². The summed E-state index contributed by atoms with van der Waals surface area (Å²) < 4.78 is 40.4. The first kappa shape index (κ1) is 44.0. The molecular formula is C48H54F2N12O6. The highest BCUT2D eigenvalue weighted by Gasteiger charge is 2.54. The van der Waals surface area contributed by atoms with Crippen molar-refractivity contribution < 1.29 is 37.4 Å². The first-order valence-electron chi connectivity index (χ1n) is 23.3. The lowest BCUT2D eigenvalue weighted by Crippen LogP contribution is -2.53. The third-order valence-corrected chi connectivity index (χ3v) is 15.7. The van der Waals surface area contributed by atoms with Crippen LogP contribution in [0.25, 0.3) is 45.1 Å². The van der Waals surface area contributed by atoms with E-state index >= 15 is 8.78 Å². The van der Waals surface area contributed by atoms with Crippen LogP contribution >= 0.6 is 0 Å². The molecule has 6 atom stereocenters. The third-order valence-electron chi connectivity index (χ3n) is 15.7. The Morgan fingerprint density at radius 2 is 1.12 bits per heavy atom. The summed E-state index contributed by atoms with van der Waals surface area (Å²) in [6.45, 7) is 9.40. The molecule has 4 aromatic heterocycles. The van der Waals surface area contributed by atoms with E-state index in [9.17, 15) is 19.2 Å². The maximum atomic E-state index is 15.1. The summed E-state index contributed by atoms with van der Waals surface area (Å²) in [5.41, 5.74) is 9.02. The minimum atomic E-state index is -0.679. The van der Waals surface area contributed by atoms with Gasteiger partial charge in [0.2, 0.25) is 23.6 Å². The fourth-order valence-electron chi connectivity index (χ4n) is 11.0. The van der Waals surface area contributed by atoms with Gasteiger partial charge in [-0.05, 0) is 99.3 Å². The number of benzene rings is 2. The second kappa shape index (κ2) is 16.0. The van der Waals surface area contributed by atoms with Crippen LogP contribution in [0.5, 0.6) is 0 Å². The number of carbonyl (C=O) groups is 4. The van der Waals surface area contributed by atoms with Crippen molar-refractivity contribution in [2.75, 3.05) is 63.4 Å². The van der Waals surface area contributed by atoms with Gasteiger partial charge in [-0.15, -0.1) is 0 Å². The van der Waals surface area contributed by atoms with E-state index in [4.69, 9.17) is 9.47 Å². The second-order valence-corrected chi connectivity index (χ2v) is 20.2. The van der Waals surface area contributed by atoms with E-state index in [-0.39, 0.29) is 47.9 Å². The molecule has 356 valence electrons. The molecule has 2 saturated carbocycles. The fraction of sp³-hybridized carbons (Fsp3) is 0.500. The average Bonchev–Trinajstić information content (AvgIpc) is 3.71. The van der Waals surface area contributed by atoms with E-state index < -0.39 is 23.7 Å². The number of fused-ring (bicyclic) bond motifs is 6. The zero-order valence-electron chi connectivity index (χ0n) is 38.9. The Kier molecular flexibility index (Phi) is 10.4. The van der Waals surface area contributed by atoms with E-state index in [2.05, 4.69) is 54.2 Å². The first-order valence-corrected chi connectivity index (χ1v) is 23.3. The number of nitrogens with one attached hydrogen (secondary N) is 4. The van der Waals surface area contributed by atoms with Gasteiger partial charge in [-0.3, -0.25) is 29.4 Å². The topological polar surface area (TPSA) is 214 Å². The molecule has 12 rings (SSSR count). The number of H-pyrrole nitrogens is 4. The van der Waals surface area contributed by atoms with Crippen molar-refractivity contribution in [1.29, 1.82) is 0 Å². The number of aromatic amines is 4. The fourth-order valence-corrected chi connectivity index (χ4v) is 11.0. The normalized spacial score (nSPS) is 24.6. The van der Waals surface area contributed by atoms with E-state index in [1.165, 1.54) is 44.6 Å². The number of nitrogens with zero attached hydrogens (tertiary/aromatic N) is 8. The summed E-state index contributed by atoms with van der Waals surface area (Å²) in [6.07, 6.45) is 6.32. The maximum Gasteiger partial charge on any atom is 0.249 e. The van der Waals surface area contributed by atoms with Gasteiger partial charge >= 0.3 is 0 Å². The highest BCUT2D eigenvalue weighted by atomic mass is 19.1. The van der Waals surface area contributed by atoms with E-state index in [0.717, 1.165) is 59.6 Å². The van der Waals surface area contributed by atoms with Crippen LogP contribution in [-0.4, -0.2) is 139 Å². The molecular weight excluding hydrogens is 879 g/mol. The van der Waals surface area contributed by atoms with Crippen LogP contribution in [-0.2, 0) is 54.3 Å². The smallest absolute Gasteiger partial charge is 0.249 e. The maximum absolute atomic E-state index is 15.1. The zero-order chi connectivity index (χ0) is 47.6. The van der Waals surface area contributed by atoms with E-state index in [0.29, 0.717) is 83.0 Å². The van der Waals surface area contributed by atoms with Gasteiger partial charge in [0, 0.05) is 61.1 Å². The van der Waals surface area contributed by atoms with Crippen LogP contribution in [0.1, 0.15) is 63.1 Å². The van der Waals surface area contributed by atoms with Crippen LogP contribution in [0.4, 0.5) is 20.2 Å². The lowest BCUT2D eigenvalue weighted by Gasteiger charge is -2.33. The summed E-state index contributed by atoms with van der Waals surface area (Å²) in [7, 11) is 3.16. The molecule has 6 heterocycles. The van der Waals surface area contributed by atoms with Crippen LogP contribution < -0.4 is 9.80 Å². The number of halogens is 2. The van der Waals surface area contributed by atoms with Crippen LogP contribution in [0, 0.1) is 34.3 Å². The van der Waals surface area contributed by atoms with Gasteiger partial charge < -0.3 is 39.0 Å². The minimum Gasteiger partial charge on any atom is -0.370 e. The predicted octanol–water partition coefficient (Wildman–Crippen LogP) is 4.85. The first-order chi connectivity index (χ1) is 32.5. The summed E-state index contributed by atoms with van der Waals surface area (Å²) in [6, 6.07) is 4.65. The lowest BCUT2D eigenvalue weighted by atomic mass is 9.88. The Morgan fingerprint density at radius 3 is 1.51 bits per heavy atom.